The minimum absolute atomic E-state index is 0.0810. The summed E-state index contributed by atoms with van der Waals surface area (Å²) in [6, 6.07) is 11.2. The number of hydrogen-bond acceptors (Lipinski definition) is 2. The van der Waals surface area contributed by atoms with Crippen molar-refractivity contribution in [1.29, 1.82) is 0 Å². The van der Waals surface area contributed by atoms with E-state index in [0.717, 1.165) is 49.0 Å². The zero-order chi connectivity index (χ0) is 18.1. The number of rotatable bonds is 3. The highest BCUT2D eigenvalue weighted by molar-refractivity contribution is 6.34. The number of carbonyl (C=O) groups is 1. The third-order valence-electron chi connectivity index (χ3n) is 4.54. The molecule has 2 heterocycles. The van der Waals surface area contributed by atoms with Crippen molar-refractivity contribution >= 4 is 23.2 Å². The summed E-state index contributed by atoms with van der Waals surface area (Å²) in [5.74, 6) is 0.218. The average Bonchev–Trinajstić information content (AvgIpc) is 3.06. The van der Waals surface area contributed by atoms with Gasteiger partial charge in [0.2, 0.25) is 0 Å². The summed E-state index contributed by atoms with van der Waals surface area (Å²) in [6.07, 6.45) is 5.31. The Morgan fingerprint density at radius 2 is 2.04 bits per heavy atom. The first-order chi connectivity index (χ1) is 12.6. The number of halogens is 2. The van der Waals surface area contributed by atoms with E-state index in [0.29, 0.717) is 5.69 Å². The van der Waals surface area contributed by atoms with E-state index in [-0.39, 0.29) is 16.5 Å². The number of aryl methyl sites for hydroxylation is 2. The monoisotopic (exact) mass is 369 g/mol. The zero-order valence-corrected chi connectivity index (χ0v) is 14.8. The molecule has 26 heavy (non-hydrogen) atoms. The van der Waals surface area contributed by atoms with Gasteiger partial charge in [0, 0.05) is 24.7 Å². The van der Waals surface area contributed by atoms with Gasteiger partial charge in [0.15, 0.2) is 0 Å². The lowest BCUT2D eigenvalue weighted by Crippen LogP contribution is -2.13. The molecular weight excluding hydrogens is 353 g/mol. The predicted octanol–water partition coefficient (Wildman–Crippen LogP) is 4.93. The van der Waals surface area contributed by atoms with Crippen molar-refractivity contribution in [3.63, 3.8) is 0 Å². The molecule has 1 aliphatic heterocycles. The van der Waals surface area contributed by atoms with Crippen molar-refractivity contribution in [2.75, 3.05) is 5.32 Å². The minimum atomic E-state index is -0.476. The number of anilines is 1. The molecule has 1 N–H and O–H groups in total. The van der Waals surface area contributed by atoms with E-state index in [1.54, 1.807) is 0 Å². The number of imidazole rings is 1. The first-order valence-electron chi connectivity index (χ1n) is 8.53. The lowest BCUT2D eigenvalue weighted by Gasteiger charge is -2.11. The Hall–Kier alpha value is -2.66. The lowest BCUT2D eigenvalue weighted by atomic mass is 10.1. The van der Waals surface area contributed by atoms with E-state index in [9.17, 15) is 9.18 Å². The Kier molecular flexibility index (Phi) is 4.47. The van der Waals surface area contributed by atoms with Gasteiger partial charge in [-0.3, -0.25) is 4.79 Å². The van der Waals surface area contributed by atoms with Gasteiger partial charge in [0.05, 0.1) is 22.0 Å². The fourth-order valence-electron chi connectivity index (χ4n) is 3.22. The van der Waals surface area contributed by atoms with Crippen molar-refractivity contribution in [3.05, 3.63) is 70.9 Å². The Morgan fingerprint density at radius 3 is 2.85 bits per heavy atom. The summed E-state index contributed by atoms with van der Waals surface area (Å²) >= 11 is 6.00. The average molecular weight is 370 g/mol. The van der Waals surface area contributed by atoms with Crippen LogP contribution in [-0.2, 0) is 13.0 Å². The normalized spacial score (nSPS) is 13.3. The molecule has 6 heteroatoms. The summed E-state index contributed by atoms with van der Waals surface area (Å²) in [7, 11) is 0. The van der Waals surface area contributed by atoms with E-state index >= 15 is 0 Å². The molecule has 1 amide bonds. The van der Waals surface area contributed by atoms with Gasteiger partial charge in [0.1, 0.15) is 11.6 Å². The van der Waals surface area contributed by atoms with Gasteiger partial charge in [-0.25, -0.2) is 9.37 Å². The highest BCUT2D eigenvalue weighted by Gasteiger charge is 2.17. The maximum absolute atomic E-state index is 13.2. The van der Waals surface area contributed by atoms with Crippen LogP contribution in [0.25, 0.3) is 11.3 Å². The van der Waals surface area contributed by atoms with Gasteiger partial charge in [-0.05, 0) is 37.1 Å². The predicted molar refractivity (Wildman–Crippen MR) is 100.0 cm³/mol. The molecule has 4 rings (SSSR count). The number of amides is 1. The summed E-state index contributed by atoms with van der Waals surface area (Å²) < 4.78 is 15.4. The maximum atomic E-state index is 13.2. The molecule has 0 fully saturated rings. The van der Waals surface area contributed by atoms with Gasteiger partial charge in [0.25, 0.3) is 5.91 Å². The number of fused-ring (bicyclic) bond motifs is 1. The van der Waals surface area contributed by atoms with Gasteiger partial charge in [-0.1, -0.05) is 29.8 Å². The molecule has 132 valence electrons. The van der Waals surface area contributed by atoms with Crippen LogP contribution in [0.5, 0.6) is 0 Å². The topological polar surface area (TPSA) is 46.9 Å². The van der Waals surface area contributed by atoms with Crippen molar-refractivity contribution in [2.45, 2.75) is 25.8 Å². The van der Waals surface area contributed by atoms with Crippen LogP contribution < -0.4 is 5.32 Å². The van der Waals surface area contributed by atoms with Crippen molar-refractivity contribution in [3.8, 4) is 11.3 Å². The number of benzene rings is 2. The van der Waals surface area contributed by atoms with Crippen LogP contribution in [0.15, 0.2) is 48.7 Å². The van der Waals surface area contributed by atoms with Crippen LogP contribution in [-0.4, -0.2) is 15.5 Å². The van der Waals surface area contributed by atoms with E-state index in [1.165, 1.54) is 12.1 Å². The van der Waals surface area contributed by atoms with Gasteiger partial charge in [-0.2, -0.15) is 0 Å². The molecule has 0 aliphatic carbocycles. The van der Waals surface area contributed by atoms with Gasteiger partial charge >= 0.3 is 0 Å². The van der Waals surface area contributed by atoms with Gasteiger partial charge < -0.3 is 9.88 Å². The molecule has 0 bridgehead atoms. The summed E-state index contributed by atoms with van der Waals surface area (Å²) in [5, 5.41) is 2.95. The molecule has 1 aromatic heterocycles. The van der Waals surface area contributed by atoms with Gasteiger partial charge in [-0.15, -0.1) is 0 Å². The number of aromatic nitrogens is 2. The smallest absolute Gasteiger partial charge is 0.257 e. The van der Waals surface area contributed by atoms with Crippen LogP contribution in [0.2, 0.25) is 5.02 Å². The number of nitrogens with one attached hydrogen (secondary N) is 1. The number of para-hydroxylation sites is 1. The second-order valence-electron chi connectivity index (χ2n) is 6.32. The Bertz CT molecular complexity index is 959. The molecule has 0 saturated heterocycles. The molecule has 0 radical (unpaired) electrons. The van der Waals surface area contributed by atoms with Crippen LogP contribution in [0.1, 0.15) is 29.0 Å². The summed E-state index contributed by atoms with van der Waals surface area (Å²) in [4.78, 5) is 17.3. The first-order valence-corrected chi connectivity index (χ1v) is 8.91. The fourth-order valence-corrected chi connectivity index (χ4v) is 3.47. The quantitative estimate of drug-likeness (QED) is 0.711. The third-order valence-corrected chi connectivity index (χ3v) is 4.85. The molecule has 0 unspecified atom stereocenters. The van der Waals surface area contributed by atoms with E-state index in [4.69, 9.17) is 16.6 Å². The van der Waals surface area contributed by atoms with E-state index in [1.807, 2.05) is 30.5 Å². The summed E-state index contributed by atoms with van der Waals surface area (Å²) in [6.45, 7) is 0.974. The highest BCUT2D eigenvalue weighted by atomic mass is 35.5. The number of nitrogens with zero attached hydrogens (tertiary/aromatic N) is 2. The molecule has 1 aliphatic rings. The van der Waals surface area contributed by atoms with Crippen molar-refractivity contribution in [1.82, 2.24) is 9.55 Å². The molecule has 0 spiro atoms. The van der Waals surface area contributed by atoms with Crippen LogP contribution in [0.3, 0.4) is 0 Å². The largest absolute Gasteiger partial charge is 0.334 e. The third kappa shape index (κ3) is 3.22. The molecule has 0 saturated carbocycles. The molecule has 0 atom stereocenters. The molecule has 4 nitrogen and oxygen atoms in total. The number of hydrogen-bond donors (Lipinski definition) is 1. The Balaban J connectivity index is 1.66. The van der Waals surface area contributed by atoms with Crippen molar-refractivity contribution in [2.24, 2.45) is 0 Å². The number of carbonyl (C=O) groups excluding carboxylic acids is 1. The van der Waals surface area contributed by atoms with E-state index in [2.05, 4.69) is 9.88 Å². The fraction of sp³-hybridized carbons (Fsp3) is 0.200. The first kappa shape index (κ1) is 16.8. The van der Waals surface area contributed by atoms with Crippen LogP contribution >= 0.6 is 11.6 Å². The zero-order valence-electron chi connectivity index (χ0n) is 14.0. The molecular formula is C20H17ClFN3O. The van der Waals surface area contributed by atoms with Crippen LogP contribution in [0, 0.1) is 5.82 Å². The van der Waals surface area contributed by atoms with Crippen LogP contribution in [0.4, 0.5) is 10.1 Å². The van der Waals surface area contributed by atoms with E-state index < -0.39 is 5.82 Å². The highest BCUT2D eigenvalue weighted by Crippen LogP contribution is 2.29. The second kappa shape index (κ2) is 6.92. The SMILES string of the molecule is O=C(Nc1ccccc1-c1cn2c(n1)CCCC2)c1ccc(F)cc1Cl. The Morgan fingerprint density at radius 1 is 1.19 bits per heavy atom. The van der Waals surface area contributed by atoms with Crippen molar-refractivity contribution < 1.29 is 9.18 Å². The second-order valence-corrected chi connectivity index (χ2v) is 6.72. The molecule has 2 aromatic carbocycles. The lowest BCUT2D eigenvalue weighted by molar-refractivity contribution is 0.102. The standard InChI is InChI=1S/C20H17ClFN3O/c21-16-11-13(22)8-9-14(16)20(26)24-17-6-2-1-5-15(17)18-12-25-10-4-3-7-19(25)23-18/h1-2,5-6,8-9,11-12H,3-4,7,10H2,(H,24,26). The summed E-state index contributed by atoms with van der Waals surface area (Å²) in [5.41, 5.74) is 2.56. The Labute approximate surface area is 155 Å². The molecule has 3 aromatic rings. The minimum Gasteiger partial charge on any atom is -0.334 e. The maximum Gasteiger partial charge on any atom is 0.257 e.